The number of aromatic nitrogens is 2. The predicted octanol–water partition coefficient (Wildman–Crippen LogP) is 3.72. The van der Waals surface area contributed by atoms with Gasteiger partial charge in [0.1, 0.15) is 5.71 Å². The van der Waals surface area contributed by atoms with E-state index in [1.54, 1.807) is 24.4 Å². The molecule has 0 aliphatic heterocycles. The second kappa shape index (κ2) is 8.05. The summed E-state index contributed by atoms with van der Waals surface area (Å²) in [7, 11) is 1.41. The molecular weight excluding hydrogens is 483 g/mol. The Balaban J connectivity index is 2.27. The average Bonchev–Trinajstić information content (AvgIpc) is 2.63. The van der Waals surface area contributed by atoms with Gasteiger partial charge in [0, 0.05) is 15.8 Å². The van der Waals surface area contributed by atoms with Gasteiger partial charge < -0.3 is 14.9 Å². The first-order valence-electron chi connectivity index (χ1n) is 7.71. The molecule has 2 aromatic heterocycles. The van der Waals surface area contributed by atoms with E-state index in [9.17, 15) is 4.79 Å². The molecule has 0 atom stereocenters. The average molecular weight is 497 g/mol. The lowest BCUT2D eigenvalue weighted by molar-refractivity contribution is 0.288. The van der Waals surface area contributed by atoms with Crippen LogP contribution in [0.1, 0.15) is 11.5 Å². The van der Waals surface area contributed by atoms with E-state index in [1.807, 2.05) is 13.0 Å². The van der Waals surface area contributed by atoms with E-state index < -0.39 is 5.63 Å². The number of halogens is 2. The molecule has 0 unspecified atom stereocenters. The molecule has 27 heavy (non-hydrogen) atoms. The summed E-state index contributed by atoms with van der Waals surface area (Å²) >= 11 is 8.26. The van der Waals surface area contributed by atoms with Crippen LogP contribution in [0.25, 0.3) is 10.9 Å². The van der Waals surface area contributed by atoms with Crippen molar-refractivity contribution in [2.45, 2.75) is 6.92 Å². The molecule has 1 aromatic carbocycles. The molecule has 0 aliphatic rings. The molecule has 0 spiro atoms. The fourth-order valence-electron chi connectivity index (χ4n) is 2.33. The predicted molar refractivity (Wildman–Crippen MR) is 112 cm³/mol. The van der Waals surface area contributed by atoms with Crippen molar-refractivity contribution < 1.29 is 9.15 Å². The lowest BCUT2D eigenvalue weighted by atomic mass is 10.1. The van der Waals surface area contributed by atoms with E-state index in [2.05, 4.69) is 37.6 Å². The van der Waals surface area contributed by atoms with Crippen LogP contribution in [0.3, 0.4) is 0 Å². The number of fused-ring (bicyclic) bond motifs is 1. The van der Waals surface area contributed by atoms with Gasteiger partial charge in [-0.1, -0.05) is 11.6 Å². The molecule has 0 aliphatic carbocycles. The normalized spacial score (nSPS) is 12.4. The molecule has 2 heterocycles. The molecular formula is C18H14ClIN4O3. The van der Waals surface area contributed by atoms with Gasteiger partial charge >= 0.3 is 5.63 Å². The Morgan fingerprint density at radius 1 is 1.44 bits per heavy atom. The number of nitrogens with zero attached hydrogens (tertiary/aromatic N) is 3. The highest BCUT2D eigenvalue weighted by molar-refractivity contribution is 14.1. The number of allylic oxidation sites excluding steroid dienone is 1. The van der Waals surface area contributed by atoms with Crippen LogP contribution in [-0.2, 0) is 4.74 Å². The molecule has 2 N–H and O–H groups in total. The number of pyridine rings is 1. The Hall–Kier alpha value is -2.46. The van der Waals surface area contributed by atoms with Crippen LogP contribution in [0.15, 0.2) is 56.6 Å². The Labute approximate surface area is 173 Å². The minimum Gasteiger partial charge on any atom is -0.483 e. The van der Waals surface area contributed by atoms with Crippen molar-refractivity contribution in [2.24, 2.45) is 10.7 Å². The number of aryl methyl sites for hydroxylation is 1. The van der Waals surface area contributed by atoms with Gasteiger partial charge in [0.25, 0.3) is 0 Å². The van der Waals surface area contributed by atoms with Crippen LogP contribution < -0.4 is 11.4 Å². The Morgan fingerprint density at radius 2 is 2.22 bits per heavy atom. The maximum absolute atomic E-state index is 12.5. The zero-order valence-electron chi connectivity index (χ0n) is 14.4. The summed E-state index contributed by atoms with van der Waals surface area (Å²) in [6, 6.07) is 6.96. The fourth-order valence-corrected chi connectivity index (χ4v) is 3.27. The van der Waals surface area contributed by atoms with Crippen molar-refractivity contribution in [3.63, 3.8) is 0 Å². The molecule has 0 bridgehead atoms. The van der Waals surface area contributed by atoms with E-state index in [4.69, 9.17) is 26.5 Å². The van der Waals surface area contributed by atoms with Gasteiger partial charge in [0.2, 0.25) is 5.89 Å². The number of nitrogens with two attached hydrogens (primary N) is 1. The van der Waals surface area contributed by atoms with Gasteiger partial charge in [-0.15, -0.1) is 0 Å². The third kappa shape index (κ3) is 4.28. The first-order valence-corrected chi connectivity index (χ1v) is 9.16. The first-order chi connectivity index (χ1) is 12.9. The number of rotatable bonds is 4. The van der Waals surface area contributed by atoms with Crippen molar-refractivity contribution >= 4 is 56.6 Å². The SMILES string of the molecule is CO/C(N)=C/C(=N/c1ncccc1Cl)c1nc2c(C)cc(I)cc2c(=O)o1. The number of aliphatic imine (C=N–C) groups is 1. The highest BCUT2D eigenvalue weighted by atomic mass is 127. The number of hydrogen-bond donors (Lipinski definition) is 1. The molecule has 0 saturated carbocycles. The molecule has 0 amide bonds. The van der Waals surface area contributed by atoms with Crippen LogP contribution in [0, 0.1) is 10.5 Å². The molecule has 0 saturated heterocycles. The summed E-state index contributed by atoms with van der Waals surface area (Å²) < 4.78 is 11.3. The van der Waals surface area contributed by atoms with E-state index in [1.165, 1.54) is 13.2 Å². The summed E-state index contributed by atoms with van der Waals surface area (Å²) in [5.74, 6) is 0.279. The van der Waals surface area contributed by atoms with Gasteiger partial charge in [-0.05, 0) is 59.3 Å². The standard InChI is InChI=1S/C18H14ClIN4O3/c1-9-6-10(20)7-11-15(9)24-17(27-18(11)25)13(8-14(21)26-2)23-16-12(19)4-3-5-22-16/h3-8H,21H2,1-2H3/b14-8+,23-13-. The molecule has 0 fully saturated rings. The second-order valence-corrected chi connectivity index (χ2v) is 7.13. The third-order valence-corrected chi connectivity index (χ3v) is 4.50. The summed E-state index contributed by atoms with van der Waals surface area (Å²) in [6.45, 7) is 1.87. The lowest BCUT2D eigenvalue weighted by Crippen LogP contribution is -2.12. The van der Waals surface area contributed by atoms with Gasteiger partial charge in [-0.3, -0.25) is 0 Å². The van der Waals surface area contributed by atoms with Crippen molar-refractivity contribution in [2.75, 3.05) is 7.11 Å². The topological polar surface area (TPSA) is 104 Å². The summed E-state index contributed by atoms with van der Waals surface area (Å²) in [6.07, 6.45) is 2.94. The van der Waals surface area contributed by atoms with Gasteiger partial charge in [-0.2, -0.15) is 0 Å². The molecule has 3 aromatic rings. The van der Waals surface area contributed by atoms with Crippen LogP contribution in [0.2, 0.25) is 5.02 Å². The maximum atomic E-state index is 12.5. The minimum absolute atomic E-state index is 0.0153. The first kappa shape index (κ1) is 19.3. The largest absolute Gasteiger partial charge is 0.483 e. The molecule has 138 valence electrons. The van der Waals surface area contributed by atoms with Gasteiger partial charge in [0.15, 0.2) is 11.7 Å². The highest BCUT2D eigenvalue weighted by Gasteiger charge is 2.15. The smallest absolute Gasteiger partial charge is 0.347 e. The van der Waals surface area contributed by atoms with Crippen molar-refractivity contribution in [1.82, 2.24) is 9.97 Å². The Bertz CT molecular complexity index is 1140. The van der Waals surface area contributed by atoms with Gasteiger partial charge in [0.05, 0.1) is 23.0 Å². The quantitative estimate of drug-likeness (QED) is 0.335. The van der Waals surface area contributed by atoms with Crippen LogP contribution in [0.5, 0.6) is 0 Å². The molecule has 3 rings (SSSR count). The molecule has 0 radical (unpaired) electrons. The van der Waals surface area contributed by atoms with Crippen molar-refractivity contribution in [3.05, 3.63) is 72.9 Å². The van der Waals surface area contributed by atoms with Crippen LogP contribution >= 0.6 is 34.2 Å². The highest BCUT2D eigenvalue weighted by Crippen LogP contribution is 2.23. The second-order valence-electron chi connectivity index (χ2n) is 5.48. The van der Waals surface area contributed by atoms with E-state index >= 15 is 0 Å². The Kier molecular flexibility index (Phi) is 5.76. The van der Waals surface area contributed by atoms with Gasteiger partial charge in [-0.25, -0.2) is 19.8 Å². The third-order valence-electron chi connectivity index (χ3n) is 3.59. The molecule has 9 heteroatoms. The summed E-state index contributed by atoms with van der Waals surface area (Å²) in [5, 5.41) is 0.718. The monoisotopic (exact) mass is 496 g/mol. The minimum atomic E-state index is -0.527. The number of hydrogen-bond acceptors (Lipinski definition) is 7. The zero-order chi connectivity index (χ0) is 19.6. The maximum Gasteiger partial charge on any atom is 0.347 e. The summed E-state index contributed by atoms with van der Waals surface area (Å²) in [4.78, 5) is 25.4. The van der Waals surface area contributed by atoms with Crippen molar-refractivity contribution in [1.29, 1.82) is 0 Å². The number of methoxy groups -OCH3 is 1. The van der Waals surface area contributed by atoms with Crippen LogP contribution in [0.4, 0.5) is 5.82 Å². The fraction of sp³-hybridized carbons (Fsp3) is 0.111. The van der Waals surface area contributed by atoms with E-state index in [-0.39, 0.29) is 23.3 Å². The van der Waals surface area contributed by atoms with Crippen molar-refractivity contribution in [3.8, 4) is 0 Å². The van der Waals surface area contributed by atoms with E-state index in [0.717, 1.165) is 9.13 Å². The number of ether oxygens (including phenoxy) is 1. The summed E-state index contributed by atoms with van der Waals surface area (Å²) in [5.41, 5.74) is 6.75. The van der Waals surface area contributed by atoms with Crippen LogP contribution in [-0.4, -0.2) is 22.8 Å². The van der Waals surface area contributed by atoms with E-state index in [0.29, 0.717) is 15.9 Å². The Morgan fingerprint density at radius 3 is 2.93 bits per heavy atom. The number of benzene rings is 1. The molecule has 7 nitrogen and oxygen atoms in total. The zero-order valence-corrected chi connectivity index (χ0v) is 17.3. The lowest BCUT2D eigenvalue weighted by Gasteiger charge is -2.06.